The Kier molecular flexibility index (Phi) is 5.20. The lowest BCUT2D eigenvalue weighted by Crippen LogP contribution is -2.06. The van der Waals surface area contributed by atoms with E-state index in [1.807, 2.05) is 0 Å². The summed E-state index contributed by atoms with van der Waals surface area (Å²) in [5, 5.41) is 3.38. The Labute approximate surface area is 174 Å². The Balaban J connectivity index is 1.60. The van der Waals surface area contributed by atoms with Crippen molar-refractivity contribution in [3.8, 4) is 10.6 Å². The van der Waals surface area contributed by atoms with E-state index < -0.39 is 0 Å². The van der Waals surface area contributed by atoms with Crippen LogP contribution in [0.4, 0.5) is 0 Å². The van der Waals surface area contributed by atoms with Gasteiger partial charge in [-0.05, 0) is 102 Å². The van der Waals surface area contributed by atoms with Gasteiger partial charge in [-0.3, -0.25) is 0 Å². The molecule has 134 valence electrons. The Hall–Kier alpha value is -1.20. The maximum Gasteiger partial charge on any atom is 0.123 e. The normalized spacial score (nSPS) is 16.5. The molecule has 1 aliphatic carbocycles. The third-order valence-corrected chi connectivity index (χ3v) is 7.65. The highest BCUT2D eigenvalue weighted by Crippen LogP contribution is 2.35. The quantitative estimate of drug-likeness (QED) is 0.371. The number of hydrogen-bond acceptors (Lipinski definition) is 2. The Bertz CT molecular complexity index is 957. The minimum atomic E-state index is 0.701. The molecule has 0 radical (unpaired) electrons. The first-order chi connectivity index (χ1) is 12.5. The van der Waals surface area contributed by atoms with E-state index in [0.717, 1.165) is 11.4 Å². The van der Waals surface area contributed by atoms with Gasteiger partial charge >= 0.3 is 0 Å². The number of fused-ring (bicyclic) bond motifs is 1. The minimum Gasteiger partial charge on any atom is -0.241 e. The first-order valence-corrected chi connectivity index (χ1v) is 11.3. The number of nitrogens with zero attached hydrogens (tertiary/aromatic N) is 1. The van der Waals surface area contributed by atoms with Crippen LogP contribution in [0, 0.1) is 17.4 Å². The van der Waals surface area contributed by atoms with E-state index >= 15 is 0 Å². The first-order valence-electron chi connectivity index (χ1n) is 9.34. The number of aryl methyl sites for hydroxylation is 3. The molecule has 0 N–H and O–H groups in total. The molecule has 3 aromatic rings. The molecule has 1 aliphatic rings. The molecule has 2 aromatic carbocycles. The fourth-order valence-corrected chi connectivity index (χ4v) is 5.38. The standard InChI is InChI=1S/C23H24INS/c1-14-5-4-6-17-11-18(7-8-21(14)17)23-25-20(13-26-23)12-19-9-16(3)22(24)10-15(19)2/h7-11,13-14H,4-6,12H2,1-3H3/t14-/m0/s1. The summed E-state index contributed by atoms with van der Waals surface area (Å²) in [6.07, 6.45) is 4.77. The number of aromatic nitrogens is 1. The molecular weight excluding hydrogens is 449 g/mol. The molecule has 1 heterocycles. The van der Waals surface area contributed by atoms with Crippen molar-refractivity contribution in [3.63, 3.8) is 0 Å². The summed E-state index contributed by atoms with van der Waals surface area (Å²) >= 11 is 4.19. The van der Waals surface area contributed by atoms with Gasteiger partial charge in [-0.1, -0.05) is 25.1 Å². The van der Waals surface area contributed by atoms with Gasteiger partial charge in [-0.25, -0.2) is 4.98 Å². The Morgan fingerprint density at radius 2 is 2.00 bits per heavy atom. The summed E-state index contributed by atoms with van der Waals surface area (Å²) in [5.41, 5.74) is 9.63. The zero-order valence-corrected chi connectivity index (χ0v) is 18.6. The lowest BCUT2D eigenvalue weighted by Gasteiger charge is -2.22. The molecule has 3 heteroatoms. The Morgan fingerprint density at radius 3 is 2.85 bits per heavy atom. The van der Waals surface area contributed by atoms with Gasteiger partial charge in [-0.15, -0.1) is 11.3 Å². The van der Waals surface area contributed by atoms with Gasteiger partial charge in [0.1, 0.15) is 5.01 Å². The van der Waals surface area contributed by atoms with Crippen LogP contribution in [0.3, 0.4) is 0 Å². The summed E-state index contributed by atoms with van der Waals surface area (Å²) in [6.45, 7) is 6.74. The van der Waals surface area contributed by atoms with Crippen molar-refractivity contribution >= 4 is 33.9 Å². The second-order valence-electron chi connectivity index (χ2n) is 7.56. The van der Waals surface area contributed by atoms with Gasteiger partial charge < -0.3 is 0 Å². The summed E-state index contributed by atoms with van der Waals surface area (Å²) in [5.74, 6) is 0.701. The third-order valence-electron chi connectivity index (χ3n) is 5.54. The second-order valence-corrected chi connectivity index (χ2v) is 9.58. The first kappa shape index (κ1) is 18.2. The average molecular weight is 473 g/mol. The summed E-state index contributed by atoms with van der Waals surface area (Å²) in [7, 11) is 0. The van der Waals surface area contributed by atoms with Crippen LogP contribution in [0.15, 0.2) is 35.7 Å². The van der Waals surface area contributed by atoms with Gasteiger partial charge in [0.15, 0.2) is 0 Å². The van der Waals surface area contributed by atoms with Crippen molar-refractivity contribution in [2.75, 3.05) is 0 Å². The molecule has 1 aromatic heterocycles. The average Bonchev–Trinajstić information content (AvgIpc) is 3.08. The Morgan fingerprint density at radius 1 is 1.15 bits per heavy atom. The highest BCUT2D eigenvalue weighted by Gasteiger charge is 2.17. The summed E-state index contributed by atoms with van der Waals surface area (Å²) in [4.78, 5) is 4.95. The fraction of sp³-hybridized carbons (Fsp3) is 0.348. The van der Waals surface area contributed by atoms with Crippen LogP contribution in [0.25, 0.3) is 10.6 Å². The molecule has 0 saturated carbocycles. The minimum absolute atomic E-state index is 0.701. The monoisotopic (exact) mass is 473 g/mol. The fourth-order valence-electron chi connectivity index (χ4n) is 3.94. The van der Waals surface area contributed by atoms with Gasteiger partial charge in [0, 0.05) is 20.9 Å². The predicted molar refractivity (Wildman–Crippen MR) is 120 cm³/mol. The van der Waals surface area contributed by atoms with Gasteiger partial charge in [0.05, 0.1) is 5.69 Å². The van der Waals surface area contributed by atoms with Crippen LogP contribution >= 0.6 is 33.9 Å². The van der Waals surface area contributed by atoms with Crippen molar-refractivity contribution in [1.82, 2.24) is 4.98 Å². The van der Waals surface area contributed by atoms with E-state index in [1.165, 1.54) is 56.3 Å². The largest absolute Gasteiger partial charge is 0.241 e. The number of benzene rings is 2. The van der Waals surface area contributed by atoms with Gasteiger partial charge in [0.25, 0.3) is 0 Å². The number of hydrogen-bond donors (Lipinski definition) is 0. The van der Waals surface area contributed by atoms with E-state index in [-0.39, 0.29) is 0 Å². The highest BCUT2D eigenvalue weighted by molar-refractivity contribution is 14.1. The second kappa shape index (κ2) is 7.43. The molecular formula is C23H24INS. The SMILES string of the molecule is Cc1cc(Cc2csc(-c3ccc4c(c3)CCC[C@@H]4C)n2)c(C)cc1I. The van der Waals surface area contributed by atoms with Crippen LogP contribution in [-0.2, 0) is 12.8 Å². The van der Waals surface area contributed by atoms with Crippen molar-refractivity contribution in [3.05, 3.63) is 72.8 Å². The van der Waals surface area contributed by atoms with Crippen molar-refractivity contribution in [1.29, 1.82) is 0 Å². The van der Waals surface area contributed by atoms with E-state index in [9.17, 15) is 0 Å². The molecule has 0 saturated heterocycles. The predicted octanol–water partition coefficient (Wildman–Crippen LogP) is 7.06. The lowest BCUT2D eigenvalue weighted by molar-refractivity contribution is 0.590. The molecule has 0 unspecified atom stereocenters. The van der Waals surface area contributed by atoms with Gasteiger partial charge in [0.2, 0.25) is 0 Å². The van der Waals surface area contributed by atoms with Crippen LogP contribution in [0.5, 0.6) is 0 Å². The van der Waals surface area contributed by atoms with Crippen LogP contribution < -0.4 is 0 Å². The topological polar surface area (TPSA) is 12.9 Å². The number of thiazole rings is 1. The highest BCUT2D eigenvalue weighted by atomic mass is 127. The van der Waals surface area contributed by atoms with Crippen LogP contribution in [0.1, 0.15) is 59.2 Å². The van der Waals surface area contributed by atoms with E-state index in [2.05, 4.69) is 79.1 Å². The summed E-state index contributed by atoms with van der Waals surface area (Å²) < 4.78 is 1.34. The molecule has 0 spiro atoms. The van der Waals surface area contributed by atoms with Crippen molar-refractivity contribution in [2.45, 2.75) is 52.4 Å². The zero-order chi connectivity index (χ0) is 18.3. The van der Waals surface area contributed by atoms with Crippen LogP contribution in [0.2, 0.25) is 0 Å². The third kappa shape index (κ3) is 3.61. The molecule has 1 atom stereocenters. The molecule has 0 aliphatic heterocycles. The molecule has 4 rings (SSSR count). The number of rotatable bonds is 3. The molecule has 0 bridgehead atoms. The van der Waals surface area contributed by atoms with E-state index in [4.69, 9.17) is 4.98 Å². The van der Waals surface area contributed by atoms with E-state index in [0.29, 0.717) is 5.92 Å². The molecule has 0 amide bonds. The molecule has 1 nitrogen and oxygen atoms in total. The zero-order valence-electron chi connectivity index (χ0n) is 15.6. The summed E-state index contributed by atoms with van der Waals surface area (Å²) in [6, 6.07) is 11.6. The van der Waals surface area contributed by atoms with Crippen molar-refractivity contribution in [2.24, 2.45) is 0 Å². The lowest BCUT2D eigenvalue weighted by atomic mass is 9.83. The number of halogens is 1. The molecule has 26 heavy (non-hydrogen) atoms. The van der Waals surface area contributed by atoms with Gasteiger partial charge in [-0.2, -0.15) is 0 Å². The molecule has 0 fully saturated rings. The maximum absolute atomic E-state index is 4.95. The van der Waals surface area contributed by atoms with Crippen LogP contribution in [-0.4, -0.2) is 4.98 Å². The smallest absolute Gasteiger partial charge is 0.123 e. The maximum atomic E-state index is 4.95. The van der Waals surface area contributed by atoms with E-state index in [1.54, 1.807) is 16.9 Å². The van der Waals surface area contributed by atoms with Crippen molar-refractivity contribution < 1.29 is 0 Å².